The molecule has 0 unspecified atom stereocenters. The average Bonchev–Trinajstić information content (AvgIpc) is 3.12. The maximum Gasteiger partial charge on any atom is 0.338 e. The molecule has 0 radical (unpaired) electrons. The van der Waals surface area contributed by atoms with Crippen LogP contribution < -0.4 is 0 Å². The summed E-state index contributed by atoms with van der Waals surface area (Å²) in [6, 6.07) is -0.0262. The molecule has 6 heteroatoms. The Balaban J connectivity index is 1.91. The molecule has 3 aliphatic rings. The van der Waals surface area contributed by atoms with Crippen LogP contribution in [0.3, 0.4) is 0 Å². The van der Waals surface area contributed by atoms with E-state index in [9.17, 15) is 14.7 Å². The lowest BCUT2D eigenvalue weighted by Crippen LogP contribution is -2.45. The predicted octanol–water partition coefficient (Wildman–Crippen LogP) is 1.19. The topological polar surface area (TPSA) is 76.1 Å². The molecule has 0 aliphatic carbocycles. The Bertz CT molecular complexity index is 607. The number of hydrogen-bond acceptors (Lipinski definition) is 6. The molecule has 0 amide bonds. The fourth-order valence-electron chi connectivity index (χ4n) is 3.68. The number of carbonyl (C=O) groups is 2. The second kappa shape index (κ2) is 6.33. The number of hydrogen-bond donors (Lipinski definition) is 1. The van der Waals surface area contributed by atoms with Crippen molar-refractivity contribution in [3.8, 4) is 0 Å². The third kappa shape index (κ3) is 2.89. The van der Waals surface area contributed by atoms with Gasteiger partial charge in [-0.3, -0.25) is 4.90 Å². The summed E-state index contributed by atoms with van der Waals surface area (Å²) in [6.07, 6.45) is 4.56. The summed E-state index contributed by atoms with van der Waals surface area (Å²) in [7, 11) is 0. The first-order valence-corrected chi connectivity index (χ1v) is 8.53. The van der Waals surface area contributed by atoms with Gasteiger partial charge in [-0.05, 0) is 38.2 Å². The third-order valence-corrected chi connectivity index (χ3v) is 5.55. The number of allylic oxidation sites excluding steroid dienone is 1. The van der Waals surface area contributed by atoms with Crippen LogP contribution in [0.1, 0.15) is 33.6 Å². The van der Waals surface area contributed by atoms with E-state index in [1.807, 2.05) is 6.08 Å². The summed E-state index contributed by atoms with van der Waals surface area (Å²) >= 11 is 0. The van der Waals surface area contributed by atoms with Crippen LogP contribution in [0.4, 0.5) is 0 Å². The Kier molecular flexibility index (Phi) is 4.53. The van der Waals surface area contributed by atoms with Crippen LogP contribution in [-0.4, -0.2) is 59.4 Å². The van der Waals surface area contributed by atoms with Crippen molar-refractivity contribution in [2.45, 2.75) is 51.4 Å². The zero-order chi connectivity index (χ0) is 17.5. The molecule has 0 aromatic rings. The minimum atomic E-state index is -1.65. The van der Waals surface area contributed by atoms with Crippen LogP contribution in [0.15, 0.2) is 23.3 Å². The molecule has 1 N–H and O–H groups in total. The first-order valence-electron chi connectivity index (χ1n) is 8.53. The van der Waals surface area contributed by atoms with E-state index in [1.54, 1.807) is 19.9 Å². The van der Waals surface area contributed by atoms with Crippen LogP contribution in [-0.2, 0) is 19.1 Å². The number of ether oxygens (including phenoxy) is 2. The molecule has 132 valence electrons. The number of esters is 2. The number of aliphatic hydroxyl groups is 1. The van der Waals surface area contributed by atoms with E-state index in [0.29, 0.717) is 5.57 Å². The number of rotatable bonds is 0. The van der Waals surface area contributed by atoms with E-state index < -0.39 is 17.5 Å². The highest BCUT2D eigenvalue weighted by molar-refractivity contribution is 5.89. The molecule has 6 nitrogen and oxygen atoms in total. The summed E-state index contributed by atoms with van der Waals surface area (Å²) < 4.78 is 11.2. The van der Waals surface area contributed by atoms with Gasteiger partial charge in [0.2, 0.25) is 0 Å². The minimum absolute atomic E-state index is 0.0262. The van der Waals surface area contributed by atoms with E-state index in [4.69, 9.17) is 9.47 Å². The molecule has 24 heavy (non-hydrogen) atoms. The van der Waals surface area contributed by atoms with Gasteiger partial charge in [-0.1, -0.05) is 19.1 Å². The Morgan fingerprint density at radius 2 is 2.17 bits per heavy atom. The fourth-order valence-corrected chi connectivity index (χ4v) is 3.68. The number of cyclic esters (lactones) is 1. The van der Waals surface area contributed by atoms with Gasteiger partial charge in [-0.2, -0.15) is 0 Å². The molecular formula is C18H25NO5. The molecule has 4 atom stereocenters. The molecule has 2 saturated heterocycles. The lowest BCUT2D eigenvalue weighted by Gasteiger charge is -2.31. The van der Waals surface area contributed by atoms with Gasteiger partial charge in [0.25, 0.3) is 0 Å². The Hall–Kier alpha value is -1.66. The van der Waals surface area contributed by atoms with E-state index >= 15 is 0 Å². The molecule has 0 aromatic heterocycles. The summed E-state index contributed by atoms with van der Waals surface area (Å²) in [5.74, 6) is -1.46. The number of carbonyl (C=O) groups excluding carboxylic acids is 2. The summed E-state index contributed by atoms with van der Waals surface area (Å²) in [4.78, 5) is 27.1. The van der Waals surface area contributed by atoms with Gasteiger partial charge < -0.3 is 14.6 Å². The third-order valence-electron chi connectivity index (χ3n) is 5.55. The maximum absolute atomic E-state index is 12.5. The lowest BCUT2D eigenvalue weighted by molar-refractivity contribution is -0.169. The van der Waals surface area contributed by atoms with Crippen LogP contribution in [0.2, 0.25) is 0 Å². The van der Waals surface area contributed by atoms with Crippen molar-refractivity contribution in [1.82, 2.24) is 4.90 Å². The lowest BCUT2D eigenvalue weighted by atomic mass is 9.85. The smallest absolute Gasteiger partial charge is 0.338 e. The van der Waals surface area contributed by atoms with Gasteiger partial charge in [-0.25, -0.2) is 9.59 Å². The molecule has 3 heterocycles. The van der Waals surface area contributed by atoms with Gasteiger partial charge in [-0.15, -0.1) is 0 Å². The molecule has 0 saturated carbocycles. The van der Waals surface area contributed by atoms with Crippen molar-refractivity contribution in [1.29, 1.82) is 0 Å². The minimum Gasteiger partial charge on any atom is -0.459 e. The Labute approximate surface area is 142 Å². The number of nitrogens with zero attached hydrogens (tertiary/aromatic N) is 1. The Morgan fingerprint density at radius 1 is 1.42 bits per heavy atom. The van der Waals surface area contributed by atoms with Gasteiger partial charge >= 0.3 is 11.9 Å². The van der Waals surface area contributed by atoms with Gasteiger partial charge in [0.1, 0.15) is 12.7 Å². The van der Waals surface area contributed by atoms with Crippen LogP contribution in [0.5, 0.6) is 0 Å². The summed E-state index contributed by atoms with van der Waals surface area (Å²) in [6.45, 7) is 6.71. The van der Waals surface area contributed by atoms with Crippen LogP contribution >= 0.6 is 0 Å². The van der Waals surface area contributed by atoms with Crippen molar-refractivity contribution in [2.24, 2.45) is 5.92 Å². The highest BCUT2D eigenvalue weighted by Gasteiger charge is 2.45. The molecule has 0 aromatic carbocycles. The molecule has 2 fully saturated rings. The fraction of sp³-hybridized carbons (Fsp3) is 0.667. The largest absolute Gasteiger partial charge is 0.459 e. The van der Waals surface area contributed by atoms with Crippen LogP contribution in [0.25, 0.3) is 0 Å². The van der Waals surface area contributed by atoms with Crippen molar-refractivity contribution >= 4 is 11.9 Å². The zero-order valence-corrected chi connectivity index (χ0v) is 14.4. The highest BCUT2D eigenvalue weighted by atomic mass is 16.6. The molecule has 0 bridgehead atoms. The molecule has 3 aliphatic heterocycles. The van der Waals surface area contributed by atoms with Crippen molar-refractivity contribution in [3.63, 3.8) is 0 Å². The molecular weight excluding hydrogens is 310 g/mol. The van der Waals surface area contributed by atoms with Crippen molar-refractivity contribution in [2.75, 3.05) is 19.7 Å². The van der Waals surface area contributed by atoms with Gasteiger partial charge in [0.05, 0.1) is 6.04 Å². The van der Waals surface area contributed by atoms with E-state index in [1.165, 1.54) is 6.92 Å². The van der Waals surface area contributed by atoms with Gasteiger partial charge in [0.15, 0.2) is 5.60 Å². The van der Waals surface area contributed by atoms with E-state index in [-0.39, 0.29) is 31.1 Å². The quantitative estimate of drug-likeness (QED) is 0.407. The average molecular weight is 335 g/mol. The first-order chi connectivity index (χ1) is 11.3. The standard InChI is InChI=1S/C18H25NO5/c1-4-12-9-11(2)18(3,22)17(21)23-10-13-5-7-19-8-6-14(15(13)19)24-16(12)20/h4-5,11,14-15,22H,6-10H2,1-3H3/b12-4-/t11-,14-,15-,18-/m0/s1. The normalized spacial score (nSPS) is 39.6. The summed E-state index contributed by atoms with van der Waals surface area (Å²) in [5, 5.41) is 10.6. The molecule has 0 spiro atoms. The molecule has 3 rings (SSSR count). The van der Waals surface area contributed by atoms with E-state index in [0.717, 1.165) is 25.1 Å². The first kappa shape index (κ1) is 17.2. The second-order valence-corrected chi connectivity index (χ2v) is 7.09. The van der Waals surface area contributed by atoms with Crippen LogP contribution in [0, 0.1) is 5.92 Å². The maximum atomic E-state index is 12.5. The van der Waals surface area contributed by atoms with Crippen molar-refractivity contribution in [3.05, 3.63) is 23.3 Å². The second-order valence-electron chi connectivity index (χ2n) is 7.09. The highest BCUT2D eigenvalue weighted by Crippen LogP contribution is 2.34. The zero-order valence-electron chi connectivity index (χ0n) is 14.4. The van der Waals surface area contributed by atoms with Gasteiger partial charge in [0, 0.05) is 18.7 Å². The van der Waals surface area contributed by atoms with Crippen molar-refractivity contribution < 1.29 is 24.2 Å². The monoisotopic (exact) mass is 335 g/mol. The summed E-state index contributed by atoms with van der Waals surface area (Å²) in [5.41, 5.74) is -0.218. The predicted molar refractivity (Wildman–Crippen MR) is 87.1 cm³/mol. The van der Waals surface area contributed by atoms with E-state index in [2.05, 4.69) is 4.90 Å². The Morgan fingerprint density at radius 3 is 2.88 bits per heavy atom. The SMILES string of the molecule is C/C=C1/C[C@H](C)[C@](C)(O)C(=O)OCC2=CCN3CC[C@H](OC1=O)[C@H]23.